The molecule has 0 aromatic carbocycles. The first-order valence-electron chi connectivity index (χ1n) is 3.64. The van der Waals surface area contributed by atoms with E-state index in [2.05, 4.69) is 8.92 Å². The average molecular weight is 214 g/mol. The minimum atomic E-state index is -3.93. The van der Waals surface area contributed by atoms with Crippen LogP contribution >= 0.6 is 11.2 Å². The lowest BCUT2D eigenvalue weighted by Crippen LogP contribution is -2.16. The molecule has 0 fully saturated rings. The summed E-state index contributed by atoms with van der Waals surface area (Å²) < 4.78 is 33.7. The highest BCUT2D eigenvalue weighted by atomic mass is 32.3. The molecule has 0 amide bonds. The van der Waals surface area contributed by atoms with Crippen molar-refractivity contribution in [2.45, 2.75) is 13.8 Å². The molecule has 0 rings (SSSR count). The van der Waals surface area contributed by atoms with E-state index in [4.69, 9.17) is 13.7 Å². The SMILES string of the molecule is CC(C)C(=O)OCCOS(O)(O)O. The Morgan fingerprint density at radius 2 is 1.85 bits per heavy atom. The molecular formula is C6H14O6S. The first-order valence-corrected chi connectivity index (χ1v) is 5.07. The van der Waals surface area contributed by atoms with Crippen molar-refractivity contribution >= 4 is 17.1 Å². The topological polar surface area (TPSA) is 96.2 Å². The molecule has 0 spiro atoms. The number of hydrogen-bond acceptors (Lipinski definition) is 6. The van der Waals surface area contributed by atoms with Gasteiger partial charge in [0.1, 0.15) is 13.2 Å². The Hall–Kier alpha value is -0.340. The van der Waals surface area contributed by atoms with E-state index < -0.39 is 17.1 Å². The minimum Gasteiger partial charge on any atom is -0.463 e. The van der Waals surface area contributed by atoms with Crippen molar-refractivity contribution in [3.05, 3.63) is 0 Å². The first kappa shape index (κ1) is 12.7. The van der Waals surface area contributed by atoms with E-state index in [0.29, 0.717) is 0 Å². The van der Waals surface area contributed by atoms with Crippen LogP contribution in [0.5, 0.6) is 0 Å². The van der Waals surface area contributed by atoms with Crippen molar-refractivity contribution in [2.24, 2.45) is 5.92 Å². The van der Waals surface area contributed by atoms with Crippen LogP contribution in [0.25, 0.3) is 0 Å². The normalized spacial score (nSPS) is 13.1. The molecule has 0 aromatic rings. The summed E-state index contributed by atoms with van der Waals surface area (Å²) in [6, 6.07) is 0. The number of rotatable bonds is 5. The van der Waals surface area contributed by atoms with Crippen LogP contribution in [0.4, 0.5) is 0 Å². The quantitative estimate of drug-likeness (QED) is 0.472. The molecule has 7 heteroatoms. The second kappa shape index (κ2) is 5.40. The Morgan fingerprint density at radius 3 is 2.23 bits per heavy atom. The van der Waals surface area contributed by atoms with Gasteiger partial charge in [-0.15, -0.1) is 0 Å². The molecule has 0 aromatic heterocycles. The summed E-state index contributed by atoms with van der Waals surface area (Å²) in [4.78, 5) is 10.8. The molecule has 0 aliphatic rings. The molecule has 0 aliphatic heterocycles. The van der Waals surface area contributed by atoms with Gasteiger partial charge in [0.15, 0.2) is 0 Å². The lowest BCUT2D eigenvalue weighted by molar-refractivity contribution is -0.148. The third-order valence-electron chi connectivity index (χ3n) is 1.04. The maximum Gasteiger partial charge on any atom is 0.308 e. The van der Waals surface area contributed by atoms with E-state index >= 15 is 0 Å². The lowest BCUT2D eigenvalue weighted by Gasteiger charge is -2.17. The highest BCUT2D eigenvalue weighted by Crippen LogP contribution is 2.33. The molecule has 0 atom stereocenters. The van der Waals surface area contributed by atoms with Gasteiger partial charge in [-0.1, -0.05) is 13.8 Å². The zero-order valence-electron chi connectivity index (χ0n) is 7.47. The largest absolute Gasteiger partial charge is 0.463 e. The van der Waals surface area contributed by atoms with Gasteiger partial charge in [0.2, 0.25) is 11.2 Å². The van der Waals surface area contributed by atoms with Crippen LogP contribution in [-0.2, 0) is 13.7 Å². The van der Waals surface area contributed by atoms with Crippen molar-refractivity contribution in [3.63, 3.8) is 0 Å². The standard InChI is InChI=1S/C6H14O6S/c1-5(2)6(7)11-3-4-12-13(8,9)10/h5,8-10H,3-4H2,1-2H3. The maximum absolute atomic E-state index is 10.8. The molecule has 3 N–H and O–H groups in total. The minimum absolute atomic E-state index is 0.118. The van der Waals surface area contributed by atoms with Crippen molar-refractivity contribution in [1.82, 2.24) is 0 Å². The summed E-state index contributed by atoms with van der Waals surface area (Å²) in [6.07, 6.45) is 0. The first-order chi connectivity index (χ1) is 5.83. The molecule has 80 valence electrons. The van der Waals surface area contributed by atoms with Gasteiger partial charge in [0.25, 0.3) is 0 Å². The third-order valence-corrected chi connectivity index (χ3v) is 1.52. The molecule has 0 bridgehead atoms. The molecule has 0 aliphatic carbocycles. The van der Waals surface area contributed by atoms with E-state index in [1.807, 2.05) is 0 Å². The number of ether oxygens (including phenoxy) is 1. The predicted octanol–water partition coefficient (Wildman–Crippen LogP) is 1.34. The maximum atomic E-state index is 10.8. The Balaban J connectivity index is 3.42. The zero-order chi connectivity index (χ0) is 10.5. The summed E-state index contributed by atoms with van der Waals surface area (Å²) in [5, 5.41) is 0. The van der Waals surface area contributed by atoms with Crippen LogP contribution in [0.2, 0.25) is 0 Å². The Morgan fingerprint density at radius 1 is 1.31 bits per heavy atom. The van der Waals surface area contributed by atoms with Gasteiger partial charge >= 0.3 is 5.97 Å². The molecule has 0 unspecified atom stereocenters. The van der Waals surface area contributed by atoms with Crippen molar-refractivity contribution in [3.8, 4) is 0 Å². The van der Waals surface area contributed by atoms with Crippen molar-refractivity contribution in [2.75, 3.05) is 13.2 Å². The third kappa shape index (κ3) is 8.00. The lowest BCUT2D eigenvalue weighted by atomic mass is 10.2. The highest BCUT2D eigenvalue weighted by molar-refractivity contribution is 8.15. The molecule has 0 saturated carbocycles. The van der Waals surface area contributed by atoms with E-state index in [1.54, 1.807) is 13.8 Å². The molecule has 0 radical (unpaired) electrons. The smallest absolute Gasteiger partial charge is 0.308 e. The van der Waals surface area contributed by atoms with E-state index in [9.17, 15) is 4.79 Å². The van der Waals surface area contributed by atoms with E-state index in [0.717, 1.165) is 0 Å². The summed E-state index contributed by atoms with van der Waals surface area (Å²) in [6.45, 7) is 2.97. The van der Waals surface area contributed by atoms with Crippen LogP contribution in [0.1, 0.15) is 13.8 Å². The van der Waals surface area contributed by atoms with Crippen LogP contribution in [-0.4, -0.2) is 32.8 Å². The Bertz CT molecular complexity index is 163. The van der Waals surface area contributed by atoms with Gasteiger partial charge in [-0.2, -0.15) is 0 Å². The molecular weight excluding hydrogens is 200 g/mol. The number of hydrogen-bond donors (Lipinski definition) is 3. The predicted molar refractivity (Wildman–Crippen MR) is 47.2 cm³/mol. The van der Waals surface area contributed by atoms with Crippen molar-refractivity contribution in [1.29, 1.82) is 0 Å². The zero-order valence-corrected chi connectivity index (χ0v) is 8.28. The van der Waals surface area contributed by atoms with Gasteiger partial charge in [-0.25, -0.2) is 0 Å². The summed E-state index contributed by atoms with van der Waals surface area (Å²) in [5.41, 5.74) is 0. The second-order valence-corrected chi connectivity index (χ2v) is 3.79. The van der Waals surface area contributed by atoms with Crippen LogP contribution in [0.15, 0.2) is 0 Å². The van der Waals surface area contributed by atoms with Gasteiger partial charge in [0, 0.05) is 0 Å². The molecule has 6 nitrogen and oxygen atoms in total. The van der Waals surface area contributed by atoms with E-state index in [1.165, 1.54) is 0 Å². The summed E-state index contributed by atoms with van der Waals surface area (Å²) >= 11 is -3.93. The molecule has 13 heavy (non-hydrogen) atoms. The fourth-order valence-corrected chi connectivity index (χ4v) is 0.746. The fourth-order valence-electron chi connectivity index (χ4n) is 0.455. The summed E-state index contributed by atoms with van der Waals surface area (Å²) in [5.74, 6) is -0.646. The van der Waals surface area contributed by atoms with Gasteiger partial charge in [-0.3, -0.25) is 22.6 Å². The molecule has 0 heterocycles. The summed E-state index contributed by atoms with van der Waals surface area (Å²) in [7, 11) is 0. The number of carbonyl (C=O) groups excluding carboxylic acids is 1. The second-order valence-electron chi connectivity index (χ2n) is 2.61. The Kier molecular flexibility index (Phi) is 5.26. The molecule has 0 saturated heterocycles. The fraction of sp³-hybridized carbons (Fsp3) is 0.833. The van der Waals surface area contributed by atoms with Gasteiger partial charge < -0.3 is 4.74 Å². The Labute approximate surface area is 78.2 Å². The van der Waals surface area contributed by atoms with E-state index in [-0.39, 0.29) is 19.1 Å². The van der Waals surface area contributed by atoms with Gasteiger partial charge in [-0.05, 0) is 0 Å². The van der Waals surface area contributed by atoms with Crippen molar-refractivity contribution < 1.29 is 27.4 Å². The van der Waals surface area contributed by atoms with Crippen LogP contribution in [0.3, 0.4) is 0 Å². The highest BCUT2D eigenvalue weighted by Gasteiger charge is 2.13. The monoisotopic (exact) mass is 214 g/mol. The van der Waals surface area contributed by atoms with Gasteiger partial charge in [0.05, 0.1) is 5.92 Å². The number of carbonyl (C=O) groups is 1. The number of esters is 1. The van der Waals surface area contributed by atoms with Crippen LogP contribution < -0.4 is 0 Å². The average Bonchev–Trinajstić information content (AvgIpc) is 1.95. The van der Waals surface area contributed by atoms with Crippen LogP contribution in [0, 0.1) is 5.92 Å².